The Morgan fingerprint density at radius 1 is 1.40 bits per heavy atom. The van der Waals surface area contributed by atoms with E-state index < -0.39 is 23.7 Å². The molecule has 106 valence electrons. The van der Waals surface area contributed by atoms with Crippen molar-refractivity contribution in [1.29, 1.82) is 5.26 Å². The molecule has 1 heterocycles. The van der Waals surface area contributed by atoms with Crippen molar-refractivity contribution in [2.45, 2.75) is 12.2 Å². The Balaban J connectivity index is 2.47. The van der Waals surface area contributed by atoms with Crippen molar-refractivity contribution in [2.24, 2.45) is 0 Å². The number of hydrogen-bond donors (Lipinski definition) is 1. The third kappa shape index (κ3) is 2.75. The quantitative estimate of drug-likeness (QED) is 0.841. The summed E-state index contributed by atoms with van der Waals surface area (Å²) in [5.74, 6) is -0.511. The highest BCUT2D eigenvalue weighted by atomic mass is 19.4. The number of carbonyl (C=O) groups is 1. The van der Waals surface area contributed by atoms with Gasteiger partial charge < -0.3 is 5.32 Å². The van der Waals surface area contributed by atoms with Crippen LogP contribution in [0.15, 0.2) is 24.3 Å². The van der Waals surface area contributed by atoms with E-state index in [-0.39, 0.29) is 12.1 Å². The van der Waals surface area contributed by atoms with Crippen molar-refractivity contribution in [1.82, 2.24) is 10.2 Å². The third-order valence-corrected chi connectivity index (χ3v) is 3.15. The van der Waals surface area contributed by atoms with E-state index in [4.69, 9.17) is 5.26 Å². The van der Waals surface area contributed by atoms with E-state index in [1.54, 1.807) is 0 Å². The molecule has 4 nitrogen and oxygen atoms in total. The molecule has 0 unspecified atom stereocenters. The first kappa shape index (κ1) is 14.3. The van der Waals surface area contributed by atoms with Crippen molar-refractivity contribution in [3.05, 3.63) is 35.4 Å². The molecule has 1 atom stereocenters. The number of hydrogen-bond acceptors (Lipinski definition) is 3. The summed E-state index contributed by atoms with van der Waals surface area (Å²) in [7, 11) is 0. The Morgan fingerprint density at radius 3 is 2.75 bits per heavy atom. The molecule has 1 aromatic carbocycles. The summed E-state index contributed by atoms with van der Waals surface area (Å²) >= 11 is 0. The lowest BCUT2D eigenvalue weighted by Crippen LogP contribution is -2.50. The highest BCUT2D eigenvalue weighted by molar-refractivity contribution is 5.84. The summed E-state index contributed by atoms with van der Waals surface area (Å²) in [4.78, 5) is 13.4. The van der Waals surface area contributed by atoms with Crippen LogP contribution >= 0.6 is 0 Å². The first-order valence-corrected chi connectivity index (χ1v) is 6.00. The second kappa shape index (κ2) is 5.51. The summed E-state index contributed by atoms with van der Waals surface area (Å²) in [6.07, 6.45) is -4.54. The molecule has 0 aliphatic carbocycles. The molecule has 1 fully saturated rings. The van der Waals surface area contributed by atoms with Crippen LogP contribution in [-0.2, 0) is 11.0 Å². The fourth-order valence-electron chi connectivity index (χ4n) is 2.31. The topological polar surface area (TPSA) is 56.1 Å². The van der Waals surface area contributed by atoms with Crippen LogP contribution in [0.2, 0.25) is 0 Å². The van der Waals surface area contributed by atoms with Gasteiger partial charge in [0.15, 0.2) is 0 Å². The molecular formula is C13H12F3N3O. The van der Waals surface area contributed by atoms with Crippen LogP contribution in [0, 0.1) is 11.3 Å². The van der Waals surface area contributed by atoms with Gasteiger partial charge in [-0.25, -0.2) is 0 Å². The number of piperazine rings is 1. The van der Waals surface area contributed by atoms with Gasteiger partial charge in [-0.3, -0.25) is 9.69 Å². The molecule has 7 heteroatoms. The van der Waals surface area contributed by atoms with Gasteiger partial charge in [-0.15, -0.1) is 0 Å². The predicted molar refractivity (Wildman–Crippen MR) is 64.4 cm³/mol. The average Bonchev–Trinajstić information content (AvgIpc) is 2.38. The molecular weight excluding hydrogens is 271 g/mol. The van der Waals surface area contributed by atoms with Crippen LogP contribution in [0.4, 0.5) is 13.2 Å². The van der Waals surface area contributed by atoms with Crippen LogP contribution in [-0.4, -0.2) is 30.4 Å². The van der Waals surface area contributed by atoms with Gasteiger partial charge in [-0.05, 0) is 11.6 Å². The largest absolute Gasteiger partial charge is 0.416 e. The van der Waals surface area contributed by atoms with Gasteiger partial charge in [0.25, 0.3) is 0 Å². The van der Waals surface area contributed by atoms with Crippen molar-refractivity contribution in [2.75, 3.05) is 19.6 Å². The first-order chi connectivity index (χ1) is 9.45. The van der Waals surface area contributed by atoms with Gasteiger partial charge in [0.1, 0.15) is 6.04 Å². The summed E-state index contributed by atoms with van der Waals surface area (Å²) in [6, 6.07) is 5.76. The van der Waals surface area contributed by atoms with Gasteiger partial charge in [-0.1, -0.05) is 18.2 Å². The van der Waals surface area contributed by atoms with E-state index in [1.807, 2.05) is 6.07 Å². The van der Waals surface area contributed by atoms with E-state index in [1.165, 1.54) is 23.1 Å². The van der Waals surface area contributed by atoms with E-state index >= 15 is 0 Å². The van der Waals surface area contributed by atoms with Crippen LogP contribution < -0.4 is 5.32 Å². The second-order valence-electron chi connectivity index (χ2n) is 4.41. The number of amides is 1. The van der Waals surface area contributed by atoms with Crippen molar-refractivity contribution in [3.8, 4) is 6.07 Å². The summed E-state index contributed by atoms with van der Waals surface area (Å²) in [6.45, 7) is 0.575. The maximum atomic E-state index is 13.0. The van der Waals surface area contributed by atoms with Gasteiger partial charge >= 0.3 is 6.18 Å². The highest BCUT2D eigenvalue weighted by Crippen LogP contribution is 2.36. The Bertz CT molecular complexity index is 551. The van der Waals surface area contributed by atoms with Gasteiger partial charge in [0.2, 0.25) is 5.91 Å². The molecule has 0 saturated carbocycles. The first-order valence-electron chi connectivity index (χ1n) is 6.00. The van der Waals surface area contributed by atoms with Crippen LogP contribution in [0.5, 0.6) is 0 Å². The zero-order chi connectivity index (χ0) is 14.8. The fraction of sp³-hybridized carbons (Fsp3) is 0.385. The van der Waals surface area contributed by atoms with E-state index in [2.05, 4.69) is 5.32 Å². The standard InChI is InChI=1S/C13H12F3N3O/c14-13(15,16)10-4-2-1-3-9(10)11-12(20)18-6-8-19(11)7-5-17/h1-4,11H,6-8H2,(H,18,20)/t11-/m1/s1. The molecule has 1 aliphatic rings. The minimum atomic E-state index is -4.54. The third-order valence-electron chi connectivity index (χ3n) is 3.15. The normalized spacial score (nSPS) is 20.3. The molecule has 1 aromatic rings. The average molecular weight is 283 g/mol. The lowest BCUT2D eigenvalue weighted by molar-refractivity contribution is -0.140. The number of halogens is 3. The zero-order valence-electron chi connectivity index (χ0n) is 10.4. The fourth-order valence-corrected chi connectivity index (χ4v) is 2.31. The van der Waals surface area contributed by atoms with E-state index in [0.717, 1.165) is 6.07 Å². The number of alkyl halides is 3. The van der Waals surface area contributed by atoms with Gasteiger partial charge in [-0.2, -0.15) is 18.4 Å². The maximum Gasteiger partial charge on any atom is 0.416 e. The molecule has 1 aliphatic heterocycles. The van der Waals surface area contributed by atoms with Gasteiger partial charge in [0.05, 0.1) is 18.2 Å². The summed E-state index contributed by atoms with van der Waals surface area (Å²) < 4.78 is 39.1. The number of rotatable bonds is 2. The number of benzene rings is 1. The number of nitrogens with zero attached hydrogens (tertiary/aromatic N) is 2. The highest BCUT2D eigenvalue weighted by Gasteiger charge is 2.39. The summed E-state index contributed by atoms with van der Waals surface area (Å²) in [5.41, 5.74) is -0.961. The minimum absolute atomic E-state index is 0.0930. The van der Waals surface area contributed by atoms with Crippen molar-refractivity contribution in [3.63, 3.8) is 0 Å². The zero-order valence-corrected chi connectivity index (χ0v) is 10.4. The number of nitriles is 1. The van der Waals surface area contributed by atoms with Crippen LogP contribution in [0.3, 0.4) is 0 Å². The van der Waals surface area contributed by atoms with Crippen molar-refractivity contribution >= 4 is 5.91 Å². The van der Waals surface area contributed by atoms with Gasteiger partial charge in [0, 0.05) is 13.1 Å². The minimum Gasteiger partial charge on any atom is -0.353 e. The molecule has 2 rings (SSSR count). The molecule has 1 saturated heterocycles. The van der Waals surface area contributed by atoms with Crippen LogP contribution in [0.25, 0.3) is 0 Å². The van der Waals surface area contributed by atoms with E-state index in [0.29, 0.717) is 13.1 Å². The molecule has 0 bridgehead atoms. The maximum absolute atomic E-state index is 13.0. The Morgan fingerprint density at radius 2 is 2.10 bits per heavy atom. The molecule has 0 radical (unpaired) electrons. The van der Waals surface area contributed by atoms with Crippen molar-refractivity contribution < 1.29 is 18.0 Å². The Hall–Kier alpha value is -2.07. The lowest BCUT2D eigenvalue weighted by atomic mass is 9.96. The molecule has 1 amide bonds. The smallest absolute Gasteiger partial charge is 0.353 e. The predicted octanol–water partition coefficient (Wildman–Crippen LogP) is 1.70. The molecule has 0 aromatic heterocycles. The summed E-state index contributed by atoms with van der Waals surface area (Å²) in [5, 5.41) is 11.3. The second-order valence-corrected chi connectivity index (χ2v) is 4.41. The Kier molecular flexibility index (Phi) is 3.95. The molecule has 0 spiro atoms. The molecule has 20 heavy (non-hydrogen) atoms. The monoisotopic (exact) mass is 283 g/mol. The number of carbonyl (C=O) groups excluding carboxylic acids is 1. The van der Waals surface area contributed by atoms with E-state index in [9.17, 15) is 18.0 Å². The SMILES string of the molecule is N#CCN1CCNC(=O)[C@H]1c1ccccc1C(F)(F)F. The Labute approximate surface area is 113 Å². The lowest BCUT2D eigenvalue weighted by Gasteiger charge is -2.34. The molecule has 1 N–H and O–H groups in total. The van der Waals surface area contributed by atoms with Crippen LogP contribution in [0.1, 0.15) is 17.2 Å². The number of nitrogens with one attached hydrogen (secondary N) is 1.